The van der Waals surface area contributed by atoms with Crippen LogP contribution in [0.25, 0.3) is 0 Å². The van der Waals surface area contributed by atoms with Gasteiger partial charge in [0.1, 0.15) is 0 Å². The van der Waals surface area contributed by atoms with Gasteiger partial charge in [0.2, 0.25) is 6.10 Å². The summed E-state index contributed by atoms with van der Waals surface area (Å²) >= 11 is 0. The third-order valence-electron chi connectivity index (χ3n) is 4.19. The summed E-state index contributed by atoms with van der Waals surface area (Å²) in [6.07, 6.45) is -5.95. The van der Waals surface area contributed by atoms with Gasteiger partial charge in [0.05, 0.1) is 21.6 Å². The van der Waals surface area contributed by atoms with Crippen molar-refractivity contribution in [3.05, 3.63) is 77.4 Å². The normalized spacial score (nSPS) is 14.6. The number of carbonyl (C=O) groups is 1. The van der Waals surface area contributed by atoms with Gasteiger partial charge >= 0.3 is 12.1 Å². The van der Waals surface area contributed by atoms with Gasteiger partial charge in [0, 0.05) is 4.90 Å². The average Bonchev–Trinajstić information content (AvgIpc) is 2.67. The summed E-state index contributed by atoms with van der Waals surface area (Å²) in [6, 6.07) is 13.9. The van der Waals surface area contributed by atoms with Gasteiger partial charge in [-0.1, -0.05) is 47.5 Å². The lowest BCUT2D eigenvalue weighted by atomic mass is 10.1. The molecule has 3 atom stereocenters. The van der Waals surface area contributed by atoms with E-state index in [4.69, 9.17) is 4.74 Å². The molecule has 2 aromatic rings. The van der Waals surface area contributed by atoms with E-state index in [1.165, 1.54) is 36.4 Å². The number of halogens is 3. The van der Waals surface area contributed by atoms with Crippen LogP contribution in [-0.4, -0.2) is 27.7 Å². The van der Waals surface area contributed by atoms with Crippen LogP contribution in [-0.2, 0) is 15.5 Å². The van der Waals surface area contributed by atoms with Crippen molar-refractivity contribution in [2.45, 2.75) is 49.6 Å². The Hall–Kier alpha value is -2.41. The van der Waals surface area contributed by atoms with Crippen LogP contribution in [0.1, 0.15) is 36.2 Å². The number of hydrogen-bond acceptors (Lipinski definition) is 3. The number of allylic oxidation sites excluding steroid dienone is 2. The summed E-state index contributed by atoms with van der Waals surface area (Å²) in [6.45, 7) is 5.31. The van der Waals surface area contributed by atoms with E-state index in [0.717, 1.165) is 11.1 Å². The van der Waals surface area contributed by atoms with E-state index in [-0.39, 0.29) is 16.9 Å². The average molecular weight is 424 g/mol. The monoisotopic (exact) mass is 424 g/mol. The van der Waals surface area contributed by atoms with Gasteiger partial charge in [-0.15, -0.1) is 0 Å². The van der Waals surface area contributed by atoms with Crippen LogP contribution < -0.4 is 0 Å². The Kier molecular flexibility index (Phi) is 7.79. The maximum Gasteiger partial charge on any atom is 0.426 e. The number of carbonyl (C=O) groups excluding carboxylic acids is 1. The van der Waals surface area contributed by atoms with Gasteiger partial charge in [-0.3, -0.25) is 4.21 Å². The van der Waals surface area contributed by atoms with Gasteiger partial charge in [-0.05, 0) is 51.5 Å². The third-order valence-corrected chi connectivity index (χ3v) is 5.92. The van der Waals surface area contributed by atoms with Crippen LogP contribution >= 0.6 is 0 Å². The molecule has 2 aromatic carbocycles. The Morgan fingerprint density at radius 2 is 1.66 bits per heavy atom. The summed E-state index contributed by atoms with van der Waals surface area (Å²) in [4.78, 5) is 12.6. The van der Waals surface area contributed by atoms with Crippen molar-refractivity contribution >= 4 is 16.8 Å². The number of rotatable bonds is 7. The van der Waals surface area contributed by atoms with Crippen molar-refractivity contribution in [3.63, 3.8) is 0 Å². The molecule has 0 spiro atoms. The van der Waals surface area contributed by atoms with Crippen LogP contribution in [0.5, 0.6) is 0 Å². The first-order valence-corrected chi connectivity index (χ1v) is 10.2. The Morgan fingerprint density at radius 1 is 1.07 bits per heavy atom. The van der Waals surface area contributed by atoms with E-state index < -0.39 is 34.3 Å². The van der Waals surface area contributed by atoms with Crippen molar-refractivity contribution in [2.75, 3.05) is 0 Å². The molecule has 0 aliphatic rings. The molecule has 2 rings (SSSR count). The van der Waals surface area contributed by atoms with E-state index in [0.29, 0.717) is 0 Å². The quantitative estimate of drug-likeness (QED) is 0.428. The van der Waals surface area contributed by atoms with Gasteiger partial charge in [0.25, 0.3) is 0 Å². The lowest BCUT2D eigenvalue weighted by Crippen LogP contribution is -2.45. The summed E-state index contributed by atoms with van der Waals surface area (Å²) in [5.74, 6) is -1.10. The molecule has 0 aromatic heterocycles. The van der Waals surface area contributed by atoms with E-state index >= 15 is 0 Å². The molecule has 0 heterocycles. The van der Waals surface area contributed by atoms with Crippen LogP contribution in [0.15, 0.2) is 71.1 Å². The van der Waals surface area contributed by atoms with Gasteiger partial charge in [-0.25, -0.2) is 4.79 Å². The van der Waals surface area contributed by atoms with E-state index in [9.17, 15) is 22.2 Å². The minimum atomic E-state index is -4.87. The molecule has 7 heteroatoms. The molecule has 0 N–H and O–H groups in total. The molecular formula is C22H23F3O3S. The van der Waals surface area contributed by atoms with Gasteiger partial charge in [-0.2, -0.15) is 13.2 Å². The zero-order chi connectivity index (χ0) is 21.6. The minimum Gasteiger partial charge on any atom is -0.448 e. The van der Waals surface area contributed by atoms with Crippen LogP contribution in [0.2, 0.25) is 0 Å². The Morgan fingerprint density at radius 3 is 2.17 bits per heavy atom. The van der Waals surface area contributed by atoms with Crippen LogP contribution in [0, 0.1) is 6.92 Å². The first-order chi connectivity index (χ1) is 13.6. The highest BCUT2D eigenvalue weighted by Gasteiger charge is 2.50. The number of ether oxygens (including phenoxy) is 1. The number of hydrogen-bond donors (Lipinski definition) is 0. The molecule has 0 unspecified atom stereocenters. The molecule has 29 heavy (non-hydrogen) atoms. The molecule has 0 radical (unpaired) electrons. The van der Waals surface area contributed by atoms with Crippen LogP contribution in [0.4, 0.5) is 13.2 Å². The zero-order valence-electron chi connectivity index (χ0n) is 16.4. The maximum absolute atomic E-state index is 13.9. The molecule has 0 bridgehead atoms. The van der Waals surface area contributed by atoms with Crippen molar-refractivity contribution < 1.29 is 26.9 Å². The Bertz CT molecular complexity index is 870. The topological polar surface area (TPSA) is 43.4 Å². The zero-order valence-corrected chi connectivity index (χ0v) is 17.2. The highest BCUT2D eigenvalue weighted by Crippen LogP contribution is 2.32. The lowest BCUT2D eigenvalue weighted by Gasteiger charge is -2.28. The fraction of sp³-hybridized carbons (Fsp3) is 0.318. The summed E-state index contributed by atoms with van der Waals surface area (Å²) < 4.78 is 59.6. The maximum atomic E-state index is 13.9. The highest BCUT2D eigenvalue weighted by molar-refractivity contribution is 7.85. The van der Waals surface area contributed by atoms with Gasteiger partial charge < -0.3 is 4.74 Å². The predicted octanol–water partition coefficient (Wildman–Crippen LogP) is 5.62. The van der Waals surface area contributed by atoms with E-state index in [1.807, 2.05) is 6.92 Å². The van der Waals surface area contributed by atoms with Crippen molar-refractivity contribution in [3.8, 4) is 0 Å². The summed E-state index contributed by atoms with van der Waals surface area (Å²) in [5, 5.41) is -1.47. The molecule has 0 saturated heterocycles. The number of esters is 1. The third kappa shape index (κ3) is 6.56. The second kappa shape index (κ2) is 9.87. The second-order valence-corrected chi connectivity index (χ2v) is 8.57. The fourth-order valence-electron chi connectivity index (χ4n) is 2.63. The smallest absolute Gasteiger partial charge is 0.426 e. The molecule has 0 aliphatic carbocycles. The Labute approximate surface area is 171 Å². The predicted molar refractivity (Wildman–Crippen MR) is 107 cm³/mol. The molecule has 0 amide bonds. The number of alkyl halides is 3. The first-order valence-electron chi connectivity index (χ1n) is 9.03. The first kappa shape index (κ1) is 22.9. The van der Waals surface area contributed by atoms with Gasteiger partial charge in [0.15, 0.2) is 0 Å². The summed E-state index contributed by atoms with van der Waals surface area (Å²) in [7, 11) is -2.04. The number of benzene rings is 2. The fourth-order valence-corrected chi connectivity index (χ4v) is 4.09. The van der Waals surface area contributed by atoms with Crippen molar-refractivity contribution in [1.29, 1.82) is 0 Å². The molecule has 0 fully saturated rings. The molecule has 156 valence electrons. The Balaban J connectivity index is 2.41. The highest BCUT2D eigenvalue weighted by atomic mass is 32.2. The van der Waals surface area contributed by atoms with Crippen molar-refractivity contribution in [1.82, 2.24) is 0 Å². The lowest BCUT2D eigenvalue weighted by molar-refractivity contribution is -0.204. The standard InChI is InChI=1S/C22H23F3O3S/c1-15(2)9-14-19(29(27)18-12-10-16(3)11-13-18)20(22(23,24)25)28-21(26)17-7-5-4-6-8-17/h4-13,19-20H,14H2,1-3H3/t19-,20+,29-/m0/s1. The number of aryl methyl sites for hydroxylation is 1. The van der Waals surface area contributed by atoms with E-state index in [2.05, 4.69) is 0 Å². The molecule has 3 nitrogen and oxygen atoms in total. The van der Waals surface area contributed by atoms with E-state index in [1.54, 1.807) is 38.1 Å². The SMILES string of the molecule is CC(C)=CC[C@@H]([C@@H](OC(=O)c1ccccc1)C(F)(F)F)[S@@](=O)c1ccc(C)cc1. The van der Waals surface area contributed by atoms with Crippen molar-refractivity contribution in [2.24, 2.45) is 0 Å². The molecular weight excluding hydrogens is 401 g/mol. The second-order valence-electron chi connectivity index (χ2n) is 6.90. The largest absolute Gasteiger partial charge is 0.448 e. The molecule has 0 aliphatic heterocycles. The summed E-state index contributed by atoms with van der Waals surface area (Å²) in [5.41, 5.74) is 1.68. The minimum absolute atomic E-state index is 0.00355. The molecule has 0 saturated carbocycles. The van der Waals surface area contributed by atoms with Crippen LogP contribution in [0.3, 0.4) is 0 Å².